The molecule has 1 aliphatic heterocycles. The van der Waals surface area contributed by atoms with Gasteiger partial charge in [0.05, 0.1) is 29.3 Å². The minimum atomic E-state index is -0.0583. The van der Waals surface area contributed by atoms with Gasteiger partial charge >= 0.3 is 0 Å². The van der Waals surface area contributed by atoms with Crippen LogP contribution in [0.5, 0.6) is 0 Å². The minimum Gasteiger partial charge on any atom is -0.377 e. The molecule has 20 heavy (non-hydrogen) atoms. The number of nitrogens with zero attached hydrogens (tertiary/aromatic N) is 2. The number of carbonyl (C=O) groups excluding carboxylic acids is 1. The Bertz CT molecular complexity index is 548. The molecule has 0 saturated carbocycles. The zero-order valence-corrected chi connectivity index (χ0v) is 13.5. The van der Waals surface area contributed by atoms with Crippen molar-refractivity contribution in [1.29, 1.82) is 0 Å². The van der Waals surface area contributed by atoms with E-state index in [-0.39, 0.29) is 16.7 Å². The SMILES string of the molecule is CC1(C)CC(=O)c2sc(N3CCOCC3(C)C)nc2C1. The van der Waals surface area contributed by atoms with E-state index in [0.29, 0.717) is 13.0 Å². The van der Waals surface area contributed by atoms with Crippen LogP contribution in [0.1, 0.15) is 49.5 Å². The Morgan fingerprint density at radius 1 is 1.25 bits per heavy atom. The maximum Gasteiger partial charge on any atom is 0.186 e. The van der Waals surface area contributed by atoms with E-state index >= 15 is 0 Å². The molecule has 0 N–H and O–H groups in total. The van der Waals surface area contributed by atoms with Gasteiger partial charge in [0.1, 0.15) is 0 Å². The monoisotopic (exact) mass is 294 g/mol. The first-order valence-electron chi connectivity index (χ1n) is 7.17. The number of hydrogen-bond donors (Lipinski definition) is 0. The van der Waals surface area contributed by atoms with Crippen LogP contribution < -0.4 is 4.90 Å². The molecule has 4 nitrogen and oxygen atoms in total. The highest BCUT2D eigenvalue weighted by atomic mass is 32.1. The molecule has 1 aromatic heterocycles. The first-order chi connectivity index (χ1) is 9.28. The molecule has 1 fully saturated rings. The number of carbonyl (C=O) groups is 1. The summed E-state index contributed by atoms with van der Waals surface area (Å²) in [4.78, 5) is 20.2. The first kappa shape index (κ1) is 14.0. The fourth-order valence-corrected chi connectivity index (χ4v) is 4.24. The number of ether oxygens (including phenoxy) is 1. The average molecular weight is 294 g/mol. The van der Waals surface area contributed by atoms with E-state index < -0.39 is 0 Å². The Morgan fingerprint density at radius 3 is 2.70 bits per heavy atom. The Balaban J connectivity index is 1.96. The first-order valence-corrected chi connectivity index (χ1v) is 7.98. The van der Waals surface area contributed by atoms with Gasteiger partial charge in [0.25, 0.3) is 0 Å². The number of aromatic nitrogens is 1. The lowest BCUT2D eigenvalue weighted by molar-refractivity contribution is 0.0643. The second-order valence-electron chi connectivity index (χ2n) is 7.23. The quantitative estimate of drug-likeness (QED) is 0.798. The summed E-state index contributed by atoms with van der Waals surface area (Å²) in [5, 5.41) is 0.981. The summed E-state index contributed by atoms with van der Waals surface area (Å²) in [6.45, 7) is 10.9. The number of Topliss-reactive ketones (excluding diaryl/α,β-unsaturated/α-hetero) is 1. The molecule has 110 valence electrons. The van der Waals surface area contributed by atoms with Gasteiger partial charge in [-0.1, -0.05) is 25.2 Å². The molecule has 0 radical (unpaired) electrons. The Morgan fingerprint density at radius 2 is 2.00 bits per heavy atom. The number of rotatable bonds is 1. The van der Waals surface area contributed by atoms with Gasteiger partial charge in [0, 0.05) is 13.0 Å². The summed E-state index contributed by atoms with van der Waals surface area (Å²) in [6.07, 6.45) is 1.53. The number of fused-ring (bicyclic) bond motifs is 1. The molecular formula is C15H22N2O2S. The maximum absolute atomic E-state index is 12.3. The van der Waals surface area contributed by atoms with E-state index in [1.807, 2.05) is 0 Å². The molecule has 1 aliphatic carbocycles. The van der Waals surface area contributed by atoms with Crippen molar-refractivity contribution in [3.05, 3.63) is 10.6 Å². The van der Waals surface area contributed by atoms with Crippen LogP contribution in [0, 0.1) is 5.41 Å². The average Bonchev–Trinajstić information content (AvgIpc) is 2.70. The van der Waals surface area contributed by atoms with Crippen LogP contribution in [0.15, 0.2) is 0 Å². The molecule has 0 aromatic carbocycles. The fraction of sp³-hybridized carbons (Fsp3) is 0.733. The number of anilines is 1. The summed E-state index contributed by atoms with van der Waals surface area (Å²) in [5.41, 5.74) is 0.973. The predicted octanol–water partition coefficient (Wildman–Crippen LogP) is 2.91. The molecule has 1 saturated heterocycles. The van der Waals surface area contributed by atoms with Crippen molar-refractivity contribution in [3.8, 4) is 0 Å². The number of ketones is 1. The Kier molecular flexibility index (Phi) is 3.18. The zero-order chi connectivity index (χ0) is 14.5. The van der Waals surface area contributed by atoms with E-state index in [1.165, 1.54) is 0 Å². The molecule has 0 spiro atoms. The minimum absolute atomic E-state index is 0.0377. The van der Waals surface area contributed by atoms with Gasteiger partial charge in [0.15, 0.2) is 10.9 Å². The zero-order valence-electron chi connectivity index (χ0n) is 12.7. The van der Waals surface area contributed by atoms with Crippen LogP contribution in [-0.4, -0.2) is 36.1 Å². The predicted molar refractivity (Wildman–Crippen MR) is 80.8 cm³/mol. The van der Waals surface area contributed by atoms with Crippen molar-refractivity contribution in [3.63, 3.8) is 0 Å². The summed E-state index contributed by atoms with van der Waals surface area (Å²) in [5.74, 6) is 0.256. The second kappa shape index (κ2) is 4.53. The third kappa shape index (κ3) is 2.37. The van der Waals surface area contributed by atoms with Gasteiger partial charge in [0.2, 0.25) is 0 Å². The van der Waals surface area contributed by atoms with Crippen molar-refractivity contribution < 1.29 is 9.53 Å². The van der Waals surface area contributed by atoms with Crippen molar-refractivity contribution in [2.45, 2.75) is 46.1 Å². The normalized spacial score (nSPS) is 24.6. The molecule has 3 rings (SSSR count). The fourth-order valence-electron chi connectivity index (χ4n) is 3.04. The van der Waals surface area contributed by atoms with Crippen molar-refractivity contribution in [2.75, 3.05) is 24.7 Å². The lowest BCUT2D eigenvalue weighted by atomic mass is 9.78. The molecule has 2 heterocycles. The summed E-state index contributed by atoms with van der Waals surface area (Å²) >= 11 is 1.56. The highest BCUT2D eigenvalue weighted by Crippen LogP contribution is 2.40. The van der Waals surface area contributed by atoms with E-state index in [2.05, 4.69) is 32.6 Å². The van der Waals surface area contributed by atoms with E-state index in [4.69, 9.17) is 9.72 Å². The number of hydrogen-bond acceptors (Lipinski definition) is 5. The summed E-state index contributed by atoms with van der Waals surface area (Å²) in [6, 6.07) is 0. The molecular weight excluding hydrogens is 272 g/mol. The highest BCUT2D eigenvalue weighted by molar-refractivity contribution is 7.17. The standard InChI is InChI=1S/C15H22N2O2S/c1-14(2)7-10-12(11(18)8-14)20-13(16-10)17-5-6-19-9-15(17,3)4/h5-9H2,1-4H3. The highest BCUT2D eigenvalue weighted by Gasteiger charge is 2.37. The summed E-state index contributed by atoms with van der Waals surface area (Å²) in [7, 11) is 0. The van der Waals surface area contributed by atoms with Crippen molar-refractivity contribution in [1.82, 2.24) is 4.98 Å². The van der Waals surface area contributed by atoms with Gasteiger partial charge in [-0.25, -0.2) is 4.98 Å². The van der Waals surface area contributed by atoms with Crippen molar-refractivity contribution in [2.24, 2.45) is 5.41 Å². The molecule has 1 aromatic rings. The van der Waals surface area contributed by atoms with Crippen LogP contribution in [0.2, 0.25) is 0 Å². The van der Waals surface area contributed by atoms with Crippen LogP contribution in [0.25, 0.3) is 0 Å². The lowest BCUT2D eigenvalue weighted by Crippen LogP contribution is -2.53. The molecule has 0 atom stereocenters. The van der Waals surface area contributed by atoms with E-state index in [9.17, 15) is 4.79 Å². The van der Waals surface area contributed by atoms with E-state index in [0.717, 1.165) is 35.3 Å². The second-order valence-corrected chi connectivity index (χ2v) is 8.21. The molecule has 2 aliphatic rings. The van der Waals surface area contributed by atoms with E-state index in [1.54, 1.807) is 11.3 Å². The van der Waals surface area contributed by atoms with Gasteiger partial charge < -0.3 is 9.64 Å². The molecule has 5 heteroatoms. The third-order valence-corrected chi connectivity index (χ3v) is 5.26. The topological polar surface area (TPSA) is 42.4 Å². The van der Waals surface area contributed by atoms with Crippen molar-refractivity contribution >= 4 is 22.3 Å². The Hall–Kier alpha value is -0.940. The molecule has 0 unspecified atom stereocenters. The number of morpholine rings is 1. The Labute approximate surface area is 124 Å². The lowest BCUT2D eigenvalue weighted by Gasteiger charge is -2.42. The van der Waals surface area contributed by atoms with Crippen LogP contribution in [0.4, 0.5) is 5.13 Å². The smallest absolute Gasteiger partial charge is 0.186 e. The summed E-state index contributed by atoms with van der Waals surface area (Å²) < 4.78 is 5.56. The van der Waals surface area contributed by atoms with Crippen LogP contribution in [0.3, 0.4) is 0 Å². The van der Waals surface area contributed by atoms with Gasteiger partial charge in [-0.15, -0.1) is 0 Å². The van der Waals surface area contributed by atoms with Gasteiger partial charge in [-0.2, -0.15) is 0 Å². The molecule has 0 bridgehead atoms. The largest absolute Gasteiger partial charge is 0.377 e. The third-order valence-electron chi connectivity index (χ3n) is 4.10. The van der Waals surface area contributed by atoms with Crippen LogP contribution in [-0.2, 0) is 11.2 Å². The maximum atomic E-state index is 12.3. The molecule has 0 amide bonds. The van der Waals surface area contributed by atoms with Gasteiger partial charge in [-0.3, -0.25) is 4.79 Å². The van der Waals surface area contributed by atoms with Gasteiger partial charge in [-0.05, 0) is 25.7 Å². The van der Waals surface area contributed by atoms with Crippen LogP contribution >= 0.6 is 11.3 Å². The number of thiazole rings is 1.